The highest BCUT2D eigenvalue weighted by atomic mass is 32.1. The van der Waals surface area contributed by atoms with Gasteiger partial charge in [0.25, 0.3) is 11.5 Å². The molecule has 1 amide bonds. The molecule has 2 N–H and O–H groups in total. The molecule has 0 spiro atoms. The lowest BCUT2D eigenvalue weighted by Gasteiger charge is -2.13. The average molecular weight is 486 g/mol. The van der Waals surface area contributed by atoms with Gasteiger partial charge in [0, 0.05) is 18.2 Å². The summed E-state index contributed by atoms with van der Waals surface area (Å²) in [4.78, 5) is 33.3. The predicted molar refractivity (Wildman–Crippen MR) is 135 cm³/mol. The Morgan fingerprint density at radius 1 is 1.09 bits per heavy atom. The second kappa shape index (κ2) is 9.11. The maximum Gasteiger partial charge on any atom is 0.261 e. The van der Waals surface area contributed by atoms with Crippen molar-refractivity contribution in [2.24, 2.45) is 7.05 Å². The molecule has 0 aliphatic carbocycles. The summed E-state index contributed by atoms with van der Waals surface area (Å²) in [5.74, 6) is -0.268. The molecule has 0 aliphatic heterocycles. The van der Waals surface area contributed by atoms with Gasteiger partial charge >= 0.3 is 0 Å². The number of nitrogens with one attached hydrogen (secondary N) is 2. The molecule has 5 aromatic rings. The Bertz CT molecular complexity index is 1670. The van der Waals surface area contributed by atoms with E-state index in [1.54, 1.807) is 43.7 Å². The first-order valence-electron chi connectivity index (χ1n) is 10.8. The fourth-order valence-electron chi connectivity index (χ4n) is 3.86. The summed E-state index contributed by atoms with van der Waals surface area (Å²) in [6, 6.07) is 20.5. The standard InChI is InChI=1S/C26H20FN5O2S/c1-31-25(34)20-12-9-18(13-21(20)29-26(31)35)24(33)30-23-22(17-7-10-19(27)11-8-17)28-15-32(23)14-16-5-3-2-4-6-16/h2-13,15H,14H2,1H3,(H,29,35)(H,30,33). The molecule has 0 atom stereocenters. The zero-order valence-corrected chi connectivity index (χ0v) is 19.5. The first-order valence-corrected chi connectivity index (χ1v) is 11.2. The summed E-state index contributed by atoms with van der Waals surface area (Å²) in [7, 11) is 1.59. The van der Waals surface area contributed by atoms with Crippen molar-refractivity contribution in [2.45, 2.75) is 6.54 Å². The summed E-state index contributed by atoms with van der Waals surface area (Å²) < 4.78 is 16.9. The monoisotopic (exact) mass is 485 g/mol. The van der Waals surface area contributed by atoms with Gasteiger partial charge in [-0.1, -0.05) is 30.3 Å². The van der Waals surface area contributed by atoms with E-state index in [9.17, 15) is 14.0 Å². The van der Waals surface area contributed by atoms with E-state index in [4.69, 9.17) is 12.2 Å². The number of aromatic amines is 1. The number of nitrogens with zero attached hydrogens (tertiary/aromatic N) is 3. The van der Waals surface area contributed by atoms with E-state index in [2.05, 4.69) is 15.3 Å². The molecule has 0 fully saturated rings. The predicted octanol–water partition coefficient (Wildman–Crippen LogP) is 4.90. The number of rotatable bonds is 5. The van der Waals surface area contributed by atoms with Gasteiger partial charge < -0.3 is 14.9 Å². The van der Waals surface area contributed by atoms with Gasteiger partial charge in [0.05, 0.1) is 23.8 Å². The number of halogens is 1. The van der Waals surface area contributed by atoms with Crippen LogP contribution in [0.4, 0.5) is 10.2 Å². The third-order valence-corrected chi connectivity index (χ3v) is 6.12. The van der Waals surface area contributed by atoms with Crippen molar-refractivity contribution in [2.75, 3.05) is 5.32 Å². The smallest absolute Gasteiger partial charge is 0.261 e. The van der Waals surface area contributed by atoms with E-state index >= 15 is 0 Å². The summed E-state index contributed by atoms with van der Waals surface area (Å²) >= 11 is 5.20. The second-order valence-electron chi connectivity index (χ2n) is 8.07. The molecule has 0 saturated heterocycles. The number of fused-ring (bicyclic) bond motifs is 1. The van der Waals surface area contributed by atoms with E-state index in [1.165, 1.54) is 16.7 Å². The average Bonchev–Trinajstić information content (AvgIpc) is 3.25. The Balaban J connectivity index is 1.55. The highest BCUT2D eigenvalue weighted by Crippen LogP contribution is 2.28. The molecule has 7 nitrogen and oxygen atoms in total. The number of anilines is 1. The minimum Gasteiger partial charge on any atom is -0.332 e. The van der Waals surface area contributed by atoms with Crippen LogP contribution in [0.5, 0.6) is 0 Å². The number of aromatic nitrogens is 4. The van der Waals surface area contributed by atoms with Crippen LogP contribution in [0.3, 0.4) is 0 Å². The summed E-state index contributed by atoms with van der Waals surface area (Å²) in [5.41, 5.74) is 2.79. The van der Waals surface area contributed by atoms with E-state index in [-0.39, 0.29) is 22.1 Å². The van der Waals surface area contributed by atoms with E-state index < -0.39 is 0 Å². The van der Waals surface area contributed by atoms with Crippen molar-refractivity contribution in [3.05, 3.63) is 111 Å². The highest BCUT2D eigenvalue weighted by Gasteiger charge is 2.18. The van der Waals surface area contributed by atoms with Crippen molar-refractivity contribution in [3.63, 3.8) is 0 Å². The lowest BCUT2D eigenvalue weighted by molar-refractivity contribution is 0.102. The number of hydrogen-bond acceptors (Lipinski definition) is 4. The lowest BCUT2D eigenvalue weighted by Crippen LogP contribution is -2.20. The lowest BCUT2D eigenvalue weighted by atomic mass is 10.1. The first-order chi connectivity index (χ1) is 16.9. The second-order valence-corrected chi connectivity index (χ2v) is 8.46. The molecule has 0 bridgehead atoms. The number of carbonyl (C=O) groups is 1. The van der Waals surface area contributed by atoms with Crippen LogP contribution >= 0.6 is 12.2 Å². The minimum absolute atomic E-state index is 0.241. The zero-order chi connectivity index (χ0) is 24.5. The van der Waals surface area contributed by atoms with E-state index in [1.807, 2.05) is 34.9 Å². The molecule has 0 aliphatic rings. The largest absolute Gasteiger partial charge is 0.332 e. The number of carbonyl (C=O) groups excluding carboxylic acids is 1. The van der Waals surface area contributed by atoms with E-state index in [0.29, 0.717) is 40.1 Å². The van der Waals surface area contributed by atoms with Crippen LogP contribution in [0.1, 0.15) is 15.9 Å². The van der Waals surface area contributed by atoms with Crippen LogP contribution in [0, 0.1) is 10.6 Å². The topological polar surface area (TPSA) is 84.7 Å². The maximum atomic E-state index is 13.5. The van der Waals surface area contributed by atoms with Crippen LogP contribution in [-0.4, -0.2) is 25.0 Å². The normalized spacial score (nSPS) is 11.0. The molecule has 0 saturated carbocycles. The van der Waals surface area contributed by atoms with Crippen molar-refractivity contribution in [1.82, 2.24) is 19.1 Å². The number of imidazole rings is 1. The Morgan fingerprint density at radius 2 is 1.83 bits per heavy atom. The van der Waals surface area contributed by atoms with Crippen LogP contribution < -0.4 is 10.9 Å². The molecule has 5 rings (SSSR count). The summed E-state index contributed by atoms with van der Waals surface area (Å²) in [6.07, 6.45) is 1.64. The van der Waals surface area contributed by atoms with Gasteiger partial charge in [0.2, 0.25) is 0 Å². The van der Waals surface area contributed by atoms with Crippen LogP contribution in [-0.2, 0) is 13.6 Å². The highest BCUT2D eigenvalue weighted by molar-refractivity contribution is 7.71. The maximum absolute atomic E-state index is 13.5. The molecule has 0 unspecified atom stereocenters. The molecule has 35 heavy (non-hydrogen) atoms. The quantitative estimate of drug-likeness (QED) is 0.347. The number of benzene rings is 3. The van der Waals surface area contributed by atoms with Crippen LogP contribution in [0.25, 0.3) is 22.2 Å². The Hall–Kier alpha value is -4.37. The summed E-state index contributed by atoms with van der Waals surface area (Å²) in [5, 5.41) is 3.39. The molecule has 3 aromatic carbocycles. The van der Waals surface area contributed by atoms with Crippen molar-refractivity contribution in [3.8, 4) is 11.3 Å². The molecule has 174 valence electrons. The van der Waals surface area contributed by atoms with Crippen LogP contribution in [0.2, 0.25) is 0 Å². The first kappa shape index (κ1) is 22.4. The van der Waals surface area contributed by atoms with Gasteiger partial charge in [0.1, 0.15) is 17.3 Å². The molecular formula is C26H20FN5O2S. The summed E-state index contributed by atoms with van der Waals surface area (Å²) in [6.45, 7) is 0.478. The molecule has 2 aromatic heterocycles. The molecule has 2 heterocycles. The van der Waals surface area contributed by atoms with Gasteiger partial charge in [-0.25, -0.2) is 9.37 Å². The minimum atomic E-state index is -0.384. The number of hydrogen-bond donors (Lipinski definition) is 2. The fourth-order valence-corrected chi connectivity index (χ4v) is 4.05. The van der Waals surface area contributed by atoms with Gasteiger partial charge in [-0.3, -0.25) is 14.2 Å². The van der Waals surface area contributed by atoms with E-state index in [0.717, 1.165) is 5.56 Å². The SMILES string of the molecule is Cn1c(=S)[nH]c2cc(C(=O)Nc3c(-c4ccc(F)cc4)ncn3Cc3ccccc3)ccc2c1=O. The number of amides is 1. The van der Waals surface area contributed by atoms with Crippen LogP contribution in [0.15, 0.2) is 83.9 Å². The van der Waals surface area contributed by atoms with Crippen molar-refractivity contribution >= 4 is 34.8 Å². The van der Waals surface area contributed by atoms with Gasteiger partial charge in [-0.2, -0.15) is 0 Å². The Morgan fingerprint density at radius 3 is 2.57 bits per heavy atom. The van der Waals surface area contributed by atoms with Crippen molar-refractivity contribution in [1.29, 1.82) is 0 Å². The third-order valence-electron chi connectivity index (χ3n) is 5.75. The van der Waals surface area contributed by atoms with Gasteiger partial charge in [0.15, 0.2) is 4.77 Å². The molecule has 9 heteroatoms. The van der Waals surface area contributed by atoms with Crippen molar-refractivity contribution < 1.29 is 9.18 Å². The third kappa shape index (κ3) is 4.41. The van der Waals surface area contributed by atoms with Gasteiger partial charge in [-0.15, -0.1) is 0 Å². The number of H-pyrrole nitrogens is 1. The fraction of sp³-hybridized carbons (Fsp3) is 0.0769. The molecule has 0 radical (unpaired) electrons. The Labute approximate surface area is 204 Å². The molecular weight excluding hydrogens is 465 g/mol. The Kier molecular flexibility index (Phi) is 5.84. The van der Waals surface area contributed by atoms with Gasteiger partial charge in [-0.05, 0) is 60.2 Å². The zero-order valence-electron chi connectivity index (χ0n) is 18.7.